The second kappa shape index (κ2) is 9.35. The molecule has 154 valence electrons. The van der Waals surface area contributed by atoms with Crippen LogP contribution in [0.3, 0.4) is 0 Å². The van der Waals surface area contributed by atoms with Gasteiger partial charge in [-0.05, 0) is 54.8 Å². The zero-order valence-electron chi connectivity index (χ0n) is 16.6. The van der Waals surface area contributed by atoms with E-state index in [1.54, 1.807) is 30.5 Å². The van der Waals surface area contributed by atoms with Crippen LogP contribution in [0, 0.1) is 5.82 Å². The van der Waals surface area contributed by atoms with Crippen molar-refractivity contribution in [2.75, 3.05) is 5.32 Å². The number of halogens is 2. The molecule has 0 saturated heterocycles. The van der Waals surface area contributed by atoms with Gasteiger partial charge >= 0.3 is 0 Å². The Morgan fingerprint density at radius 2 is 1.73 bits per heavy atom. The van der Waals surface area contributed by atoms with Crippen LogP contribution in [0.5, 0.6) is 0 Å². The number of benzene rings is 2. The zero-order valence-corrected chi connectivity index (χ0v) is 17.3. The van der Waals surface area contributed by atoms with Crippen molar-refractivity contribution in [1.29, 1.82) is 0 Å². The third-order valence-electron chi connectivity index (χ3n) is 5.47. The molecule has 0 atom stereocenters. The van der Waals surface area contributed by atoms with Gasteiger partial charge < -0.3 is 5.32 Å². The molecule has 4 rings (SSSR count). The molecule has 30 heavy (non-hydrogen) atoms. The van der Waals surface area contributed by atoms with E-state index in [9.17, 15) is 9.18 Å². The maximum Gasteiger partial charge on any atom is 0.229 e. The molecule has 2 aromatic carbocycles. The highest BCUT2D eigenvalue weighted by Gasteiger charge is 2.23. The first kappa shape index (κ1) is 20.5. The van der Waals surface area contributed by atoms with Gasteiger partial charge in [0.1, 0.15) is 5.82 Å². The molecule has 1 aliphatic rings. The smallest absolute Gasteiger partial charge is 0.229 e. The summed E-state index contributed by atoms with van der Waals surface area (Å²) < 4.78 is 13.3. The molecule has 1 saturated carbocycles. The van der Waals surface area contributed by atoms with Crippen LogP contribution >= 0.6 is 11.6 Å². The van der Waals surface area contributed by atoms with E-state index in [1.165, 1.54) is 18.6 Å². The molecule has 1 aliphatic carbocycles. The van der Waals surface area contributed by atoms with Crippen LogP contribution in [0.25, 0.3) is 11.3 Å². The Hall–Kier alpha value is -2.79. The molecule has 1 amide bonds. The second-order valence-electron chi connectivity index (χ2n) is 7.68. The highest BCUT2D eigenvalue weighted by molar-refractivity contribution is 6.30. The molecule has 0 radical (unpaired) electrons. The summed E-state index contributed by atoms with van der Waals surface area (Å²) in [6.07, 6.45) is 7.44. The molecular weight excluding hydrogens is 401 g/mol. The monoisotopic (exact) mass is 423 g/mol. The van der Waals surface area contributed by atoms with Gasteiger partial charge in [0.05, 0.1) is 24.0 Å². The van der Waals surface area contributed by atoms with Gasteiger partial charge in [0, 0.05) is 16.5 Å². The van der Waals surface area contributed by atoms with Crippen molar-refractivity contribution in [3.8, 4) is 11.3 Å². The number of nitrogens with zero attached hydrogens (tertiary/aromatic N) is 2. The van der Waals surface area contributed by atoms with Crippen molar-refractivity contribution in [3.63, 3.8) is 0 Å². The van der Waals surface area contributed by atoms with Crippen molar-refractivity contribution in [2.24, 2.45) is 0 Å². The van der Waals surface area contributed by atoms with E-state index in [4.69, 9.17) is 16.6 Å². The van der Waals surface area contributed by atoms with Crippen molar-refractivity contribution in [2.45, 2.75) is 44.4 Å². The fourth-order valence-electron chi connectivity index (χ4n) is 3.88. The lowest BCUT2D eigenvalue weighted by Gasteiger charge is -2.23. The summed E-state index contributed by atoms with van der Waals surface area (Å²) >= 11 is 5.92. The first-order chi connectivity index (χ1) is 14.6. The van der Waals surface area contributed by atoms with Crippen LogP contribution in [0.4, 0.5) is 10.2 Å². The van der Waals surface area contributed by atoms with Gasteiger partial charge in [0.2, 0.25) is 5.91 Å². The summed E-state index contributed by atoms with van der Waals surface area (Å²) in [5.74, 6) is 0.354. The van der Waals surface area contributed by atoms with E-state index in [2.05, 4.69) is 10.3 Å². The Labute approximate surface area is 180 Å². The predicted molar refractivity (Wildman–Crippen MR) is 117 cm³/mol. The zero-order chi connectivity index (χ0) is 20.9. The van der Waals surface area contributed by atoms with Gasteiger partial charge in [-0.1, -0.05) is 43.0 Å². The minimum absolute atomic E-state index is 0.141. The number of aromatic nitrogens is 2. The van der Waals surface area contributed by atoms with Crippen LogP contribution in [-0.4, -0.2) is 15.9 Å². The van der Waals surface area contributed by atoms with Crippen LogP contribution in [0.1, 0.15) is 49.3 Å². The number of amides is 1. The molecule has 0 unspecified atom stereocenters. The fraction of sp³-hybridized carbons (Fsp3) is 0.292. The van der Waals surface area contributed by atoms with E-state index >= 15 is 0 Å². The lowest BCUT2D eigenvalue weighted by atomic mass is 9.86. The number of hydrogen-bond donors (Lipinski definition) is 1. The third kappa shape index (κ3) is 5.03. The van der Waals surface area contributed by atoms with Gasteiger partial charge in [-0.2, -0.15) is 0 Å². The standard InChI is InChI=1S/C24H23ClFN3O/c25-19-10-6-16(7-11-19)14-22(30)29-24-23(18-4-2-1-3-5-18)28-21(15-27-24)17-8-12-20(26)13-9-17/h6-13,15,18H,1-5,14H2,(H,27,29,30). The quantitative estimate of drug-likeness (QED) is 0.534. The van der Waals surface area contributed by atoms with E-state index in [0.29, 0.717) is 16.5 Å². The molecule has 0 bridgehead atoms. The Bertz CT molecular complexity index is 1020. The maximum absolute atomic E-state index is 13.3. The van der Waals surface area contributed by atoms with E-state index in [1.807, 2.05) is 12.1 Å². The van der Waals surface area contributed by atoms with Crippen LogP contribution in [-0.2, 0) is 11.2 Å². The highest BCUT2D eigenvalue weighted by atomic mass is 35.5. The molecule has 4 nitrogen and oxygen atoms in total. The third-order valence-corrected chi connectivity index (χ3v) is 5.72. The van der Waals surface area contributed by atoms with Gasteiger partial charge in [-0.3, -0.25) is 4.79 Å². The van der Waals surface area contributed by atoms with Gasteiger partial charge in [0.15, 0.2) is 5.82 Å². The maximum atomic E-state index is 13.3. The van der Waals surface area contributed by atoms with Crippen LogP contribution in [0.2, 0.25) is 5.02 Å². The molecule has 3 aromatic rings. The molecule has 6 heteroatoms. The second-order valence-corrected chi connectivity index (χ2v) is 8.12. The largest absolute Gasteiger partial charge is 0.309 e. The summed E-state index contributed by atoms with van der Waals surface area (Å²) in [7, 11) is 0. The van der Waals surface area contributed by atoms with E-state index in [0.717, 1.165) is 42.5 Å². The van der Waals surface area contributed by atoms with Crippen molar-refractivity contribution >= 4 is 23.3 Å². The molecular formula is C24H23ClFN3O. The van der Waals surface area contributed by atoms with Crippen molar-refractivity contribution in [3.05, 3.63) is 76.8 Å². The molecule has 1 heterocycles. The average Bonchev–Trinajstić information content (AvgIpc) is 2.77. The molecule has 0 spiro atoms. The number of nitrogens with one attached hydrogen (secondary N) is 1. The SMILES string of the molecule is O=C(Cc1ccc(Cl)cc1)Nc1ncc(-c2ccc(F)cc2)nc1C1CCCCC1. The minimum Gasteiger partial charge on any atom is -0.309 e. The number of rotatable bonds is 5. The summed E-state index contributed by atoms with van der Waals surface area (Å²) in [6.45, 7) is 0. The van der Waals surface area contributed by atoms with Crippen molar-refractivity contribution < 1.29 is 9.18 Å². The number of carbonyl (C=O) groups excluding carboxylic acids is 1. The highest BCUT2D eigenvalue weighted by Crippen LogP contribution is 2.35. The summed E-state index contributed by atoms with van der Waals surface area (Å²) in [6, 6.07) is 13.5. The fourth-order valence-corrected chi connectivity index (χ4v) is 4.01. The van der Waals surface area contributed by atoms with Crippen molar-refractivity contribution in [1.82, 2.24) is 9.97 Å². The summed E-state index contributed by atoms with van der Waals surface area (Å²) in [4.78, 5) is 22.0. The number of carbonyl (C=O) groups is 1. The molecule has 1 N–H and O–H groups in total. The lowest BCUT2D eigenvalue weighted by Crippen LogP contribution is -2.19. The lowest BCUT2D eigenvalue weighted by molar-refractivity contribution is -0.115. The predicted octanol–water partition coefficient (Wildman–Crippen LogP) is 6.17. The number of hydrogen-bond acceptors (Lipinski definition) is 3. The summed E-state index contributed by atoms with van der Waals surface area (Å²) in [5, 5.41) is 3.59. The summed E-state index contributed by atoms with van der Waals surface area (Å²) in [5.41, 5.74) is 3.19. The molecule has 1 fully saturated rings. The van der Waals surface area contributed by atoms with Crippen LogP contribution < -0.4 is 5.32 Å². The minimum atomic E-state index is -0.287. The Morgan fingerprint density at radius 3 is 2.43 bits per heavy atom. The van der Waals surface area contributed by atoms with Crippen LogP contribution in [0.15, 0.2) is 54.7 Å². The Balaban J connectivity index is 1.59. The molecule has 1 aromatic heterocycles. The Morgan fingerprint density at radius 1 is 1.03 bits per heavy atom. The van der Waals surface area contributed by atoms with Gasteiger partial charge in [-0.15, -0.1) is 0 Å². The number of anilines is 1. The molecule has 0 aliphatic heterocycles. The topological polar surface area (TPSA) is 54.9 Å². The average molecular weight is 424 g/mol. The van der Waals surface area contributed by atoms with Gasteiger partial charge in [-0.25, -0.2) is 14.4 Å². The van der Waals surface area contributed by atoms with E-state index < -0.39 is 0 Å². The van der Waals surface area contributed by atoms with E-state index in [-0.39, 0.29) is 24.1 Å². The Kier molecular flexibility index (Phi) is 6.38. The first-order valence-corrected chi connectivity index (χ1v) is 10.6. The van der Waals surface area contributed by atoms with Gasteiger partial charge in [0.25, 0.3) is 0 Å². The first-order valence-electron chi connectivity index (χ1n) is 10.3. The normalized spacial score (nSPS) is 14.5.